The largest absolute Gasteiger partial charge is 0.542 e. The van der Waals surface area contributed by atoms with Gasteiger partial charge in [-0.3, -0.25) is 4.79 Å². The Kier molecular flexibility index (Phi) is 10.7. The molecule has 3 aliphatic heterocycles. The van der Waals surface area contributed by atoms with Crippen molar-refractivity contribution in [3.63, 3.8) is 0 Å². The second-order valence-corrected chi connectivity index (χ2v) is 11.5. The van der Waals surface area contributed by atoms with Crippen LogP contribution in [-0.4, -0.2) is 72.4 Å². The van der Waals surface area contributed by atoms with Crippen LogP contribution in [0.25, 0.3) is 0 Å². The molecule has 3 saturated heterocycles. The van der Waals surface area contributed by atoms with Crippen molar-refractivity contribution in [2.45, 2.75) is 36.9 Å². The van der Waals surface area contributed by atoms with Crippen molar-refractivity contribution in [1.29, 1.82) is 0 Å². The lowest BCUT2D eigenvalue weighted by atomic mass is 9.82. The standard InChI is InChI=1S/C31H31F3N2O4.C2HF3O2/c32-31(33,34)26-13-11-23(12-14-26)28(37)35-17-20-36-18-15-22(16-19-36)27(21-36)40-29(38)30(39,24-7-3-1-4-8-24)25-9-5-2-6-10-25;3-2(4,5)1(6)7/h1-14,22,27,39H,15-21H2;(H,6,7)/t22?,27-,36?;/m0./s1. The first-order valence-corrected chi connectivity index (χ1v) is 14.7. The minimum absolute atomic E-state index is 0.165. The van der Waals surface area contributed by atoms with Gasteiger partial charge in [0.25, 0.3) is 5.91 Å². The summed E-state index contributed by atoms with van der Waals surface area (Å²) >= 11 is 0. The van der Waals surface area contributed by atoms with E-state index in [0.717, 1.165) is 38.1 Å². The van der Waals surface area contributed by atoms with E-state index in [1.165, 1.54) is 12.1 Å². The number of nitrogens with one attached hydrogen (secondary N) is 1. The van der Waals surface area contributed by atoms with E-state index in [1.54, 1.807) is 48.5 Å². The Morgan fingerprint density at radius 1 is 0.809 bits per heavy atom. The Morgan fingerprint density at radius 3 is 1.74 bits per heavy atom. The first kappa shape index (κ1) is 35.4. The first-order chi connectivity index (χ1) is 22.0. The lowest BCUT2D eigenvalue weighted by Gasteiger charge is -2.52. The van der Waals surface area contributed by atoms with Gasteiger partial charge in [-0.25, -0.2) is 4.79 Å². The number of esters is 1. The van der Waals surface area contributed by atoms with Crippen LogP contribution in [0.4, 0.5) is 26.3 Å². The van der Waals surface area contributed by atoms with E-state index in [1.807, 2.05) is 12.1 Å². The minimum atomic E-state index is -5.19. The molecule has 0 saturated carbocycles. The van der Waals surface area contributed by atoms with Crippen LogP contribution < -0.4 is 10.4 Å². The summed E-state index contributed by atoms with van der Waals surface area (Å²) in [5.41, 5.74) is -1.72. The number of nitrogens with zero attached hydrogens (tertiary/aromatic N) is 1. The fraction of sp³-hybridized carbons (Fsp3) is 0.364. The molecule has 3 fully saturated rings. The van der Waals surface area contributed by atoms with Crippen LogP contribution in [0.15, 0.2) is 84.9 Å². The number of fused-ring (bicyclic) bond motifs is 3. The van der Waals surface area contributed by atoms with Gasteiger partial charge in [0.15, 0.2) is 6.10 Å². The zero-order chi connectivity index (χ0) is 34.5. The highest BCUT2D eigenvalue weighted by molar-refractivity contribution is 5.94. The van der Waals surface area contributed by atoms with Gasteiger partial charge in [0, 0.05) is 24.3 Å². The number of aliphatic hydroxyl groups is 1. The van der Waals surface area contributed by atoms with Crippen molar-refractivity contribution in [3.8, 4) is 0 Å². The summed E-state index contributed by atoms with van der Waals surface area (Å²) in [5.74, 6) is -3.95. The Morgan fingerprint density at radius 2 is 1.30 bits per heavy atom. The average molecular weight is 667 g/mol. The maximum absolute atomic E-state index is 13.7. The van der Waals surface area contributed by atoms with Crippen LogP contribution in [0, 0.1) is 5.92 Å². The number of quaternary nitrogens is 1. The van der Waals surface area contributed by atoms with E-state index in [-0.39, 0.29) is 17.6 Å². The Hall–Kier alpha value is -4.43. The number of hydrogen-bond acceptors (Lipinski definition) is 6. The first-order valence-electron chi connectivity index (χ1n) is 14.7. The van der Waals surface area contributed by atoms with Crippen molar-refractivity contribution in [3.05, 3.63) is 107 Å². The SMILES string of the molecule is O=C(NCC[N+]12CCC(CC1)[C@@H](OC(=O)C(O)(c1ccccc1)c1ccccc1)C2)c1ccc(C(F)(F)F)cc1.O=C([O-])C(F)(F)F. The molecule has 0 unspecified atom stereocenters. The topological polar surface area (TPSA) is 116 Å². The van der Waals surface area contributed by atoms with Gasteiger partial charge in [-0.1, -0.05) is 60.7 Å². The molecule has 8 nitrogen and oxygen atoms in total. The van der Waals surface area contributed by atoms with Crippen LogP contribution in [0.5, 0.6) is 0 Å². The fourth-order valence-corrected chi connectivity index (χ4v) is 5.97. The number of ether oxygens (including phenoxy) is 1. The van der Waals surface area contributed by atoms with Crippen LogP contribution in [0.2, 0.25) is 0 Å². The number of aliphatic carboxylic acids is 1. The predicted octanol–water partition coefficient (Wildman–Crippen LogP) is 3.82. The van der Waals surface area contributed by atoms with E-state index < -0.39 is 41.4 Å². The van der Waals surface area contributed by atoms with Gasteiger partial charge in [-0.2, -0.15) is 26.3 Å². The third-order valence-corrected chi connectivity index (χ3v) is 8.56. The van der Waals surface area contributed by atoms with Gasteiger partial charge < -0.3 is 29.5 Å². The van der Waals surface area contributed by atoms with E-state index >= 15 is 0 Å². The number of carboxylic acids is 1. The molecule has 2 bridgehead atoms. The molecule has 0 aromatic heterocycles. The minimum Gasteiger partial charge on any atom is -0.542 e. The molecule has 0 radical (unpaired) electrons. The Balaban J connectivity index is 0.000000644. The Labute approximate surface area is 266 Å². The van der Waals surface area contributed by atoms with Crippen LogP contribution in [-0.2, 0) is 26.1 Å². The lowest BCUT2D eigenvalue weighted by molar-refractivity contribution is -0.945. The van der Waals surface area contributed by atoms with Crippen molar-refractivity contribution >= 4 is 17.8 Å². The van der Waals surface area contributed by atoms with Gasteiger partial charge in [-0.15, -0.1) is 0 Å². The molecule has 6 rings (SSSR count). The molecule has 2 N–H and O–H groups in total. The second-order valence-electron chi connectivity index (χ2n) is 11.5. The summed E-state index contributed by atoms with van der Waals surface area (Å²) in [6, 6.07) is 21.7. The second kappa shape index (κ2) is 14.1. The zero-order valence-electron chi connectivity index (χ0n) is 24.9. The maximum Gasteiger partial charge on any atom is 0.430 e. The summed E-state index contributed by atoms with van der Waals surface area (Å²) in [5, 5.41) is 23.4. The van der Waals surface area contributed by atoms with Crippen molar-refractivity contribution < 1.29 is 60.2 Å². The lowest BCUT2D eigenvalue weighted by Crippen LogP contribution is -2.66. The van der Waals surface area contributed by atoms with Gasteiger partial charge in [0.2, 0.25) is 5.60 Å². The molecule has 1 atom stereocenters. The van der Waals surface area contributed by atoms with Crippen LogP contribution >= 0.6 is 0 Å². The number of carbonyl (C=O) groups excluding carboxylic acids is 3. The number of carboxylic acid groups (broad SMARTS) is 1. The fourth-order valence-electron chi connectivity index (χ4n) is 5.97. The van der Waals surface area contributed by atoms with E-state index in [4.69, 9.17) is 14.6 Å². The molecule has 0 spiro atoms. The predicted molar refractivity (Wildman–Crippen MR) is 153 cm³/mol. The van der Waals surface area contributed by atoms with Crippen LogP contribution in [0.1, 0.15) is 39.9 Å². The van der Waals surface area contributed by atoms with Gasteiger partial charge in [0.1, 0.15) is 12.5 Å². The summed E-state index contributed by atoms with van der Waals surface area (Å²) in [4.78, 5) is 35.0. The summed E-state index contributed by atoms with van der Waals surface area (Å²) in [7, 11) is 0. The number of benzene rings is 3. The summed E-state index contributed by atoms with van der Waals surface area (Å²) in [6.07, 6.45) is -8.30. The molecule has 47 heavy (non-hydrogen) atoms. The number of piperidine rings is 3. The van der Waals surface area contributed by atoms with Crippen molar-refractivity contribution in [2.75, 3.05) is 32.7 Å². The highest BCUT2D eigenvalue weighted by Gasteiger charge is 2.50. The Bertz CT molecular complexity index is 1480. The maximum atomic E-state index is 13.7. The number of amides is 1. The van der Waals surface area contributed by atoms with E-state index in [0.29, 0.717) is 35.2 Å². The third kappa shape index (κ3) is 8.49. The molecule has 252 valence electrons. The normalized spacial score (nSPS) is 20.8. The van der Waals surface area contributed by atoms with E-state index in [9.17, 15) is 41.0 Å². The zero-order valence-corrected chi connectivity index (χ0v) is 24.9. The van der Waals surface area contributed by atoms with Crippen molar-refractivity contribution in [1.82, 2.24) is 5.32 Å². The highest BCUT2D eigenvalue weighted by atomic mass is 19.4. The number of carbonyl (C=O) groups is 3. The van der Waals surface area contributed by atoms with E-state index in [2.05, 4.69) is 5.32 Å². The molecular weight excluding hydrogens is 634 g/mol. The molecule has 0 aliphatic carbocycles. The molecule has 1 amide bonds. The van der Waals surface area contributed by atoms with Crippen molar-refractivity contribution in [2.24, 2.45) is 5.92 Å². The number of halogens is 6. The summed E-state index contributed by atoms with van der Waals surface area (Å²) in [6.45, 7) is 3.29. The van der Waals surface area contributed by atoms with Gasteiger partial charge >= 0.3 is 18.3 Å². The quantitative estimate of drug-likeness (QED) is 0.215. The van der Waals surface area contributed by atoms with Gasteiger partial charge in [-0.05, 0) is 35.4 Å². The smallest absolute Gasteiger partial charge is 0.430 e. The number of alkyl halides is 6. The molecular formula is C33H32F6N2O6. The average Bonchev–Trinajstić information content (AvgIpc) is 3.05. The number of hydrogen-bond donors (Lipinski definition) is 2. The molecule has 3 aliphatic rings. The molecule has 3 aromatic rings. The number of rotatable bonds is 8. The molecule has 3 aromatic carbocycles. The molecule has 3 heterocycles. The highest BCUT2D eigenvalue weighted by Crippen LogP contribution is 2.38. The van der Waals surface area contributed by atoms with Gasteiger partial charge in [0.05, 0.1) is 31.7 Å². The monoisotopic (exact) mass is 666 g/mol. The molecule has 14 heteroatoms. The summed E-state index contributed by atoms with van der Waals surface area (Å²) < 4.78 is 76.7. The van der Waals surface area contributed by atoms with Crippen LogP contribution in [0.3, 0.4) is 0 Å². The third-order valence-electron chi connectivity index (χ3n) is 8.56.